The van der Waals surface area contributed by atoms with Gasteiger partial charge in [0.1, 0.15) is 5.82 Å². The normalized spacial score (nSPS) is 17.2. The van der Waals surface area contributed by atoms with Crippen molar-refractivity contribution in [1.82, 2.24) is 4.98 Å². The highest BCUT2D eigenvalue weighted by Crippen LogP contribution is 2.31. The number of pyridine rings is 1. The Hall–Kier alpha value is -1.09. The lowest BCUT2D eigenvalue weighted by atomic mass is 10.1. The zero-order valence-corrected chi connectivity index (χ0v) is 10.1. The number of aliphatic hydroxyl groups is 1. The summed E-state index contributed by atoms with van der Waals surface area (Å²) in [6, 6.07) is 3.87. The van der Waals surface area contributed by atoms with Gasteiger partial charge in [-0.15, -0.1) is 0 Å². The summed E-state index contributed by atoms with van der Waals surface area (Å²) in [4.78, 5) is 6.68. The number of nitrogens with zero attached hydrogens (tertiary/aromatic N) is 2. The molecule has 1 fully saturated rings. The lowest BCUT2D eigenvalue weighted by Gasteiger charge is -2.22. The Morgan fingerprint density at radius 2 is 2.31 bits per heavy atom. The number of anilines is 1. The van der Waals surface area contributed by atoms with Gasteiger partial charge in [0.05, 0.1) is 6.10 Å². The molecular formula is C13H20N2O. The van der Waals surface area contributed by atoms with Crippen LogP contribution in [0.5, 0.6) is 0 Å². The molecule has 1 aliphatic carbocycles. The SMILES string of the molecule is CCN(CC1CC1)c1cc([C@@H](C)O)ccn1. The van der Waals surface area contributed by atoms with E-state index in [0.29, 0.717) is 0 Å². The van der Waals surface area contributed by atoms with E-state index >= 15 is 0 Å². The van der Waals surface area contributed by atoms with Crippen molar-refractivity contribution >= 4 is 5.82 Å². The summed E-state index contributed by atoms with van der Waals surface area (Å²) in [5.41, 5.74) is 0.944. The quantitative estimate of drug-likeness (QED) is 0.827. The molecule has 16 heavy (non-hydrogen) atoms. The number of rotatable bonds is 5. The molecule has 0 spiro atoms. The summed E-state index contributed by atoms with van der Waals surface area (Å²) >= 11 is 0. The van der Waals surface area contributed by atoms with Gasteiger partial charge in [-0.3, -0.25) is 0 Å². The Bertz CT molecular complexity index is 348. The third kappa shape index (κ3) is 2.73. The smallest absolute Gasteiger partial charge is 0.128 e. The second kappa shape index (κ2) is 4.83. The zero-order chi connectivity index (χ0) is 11.5. The molecule has 1 saturated carbocycles. The minimum Gasteiger partial charge on any atom is -0.389 e. The van der Waals surface area contributed by atoms with Crippen molar-refractivity contribution in [3.8, 4) is 0 Å². The average molecular weight is 220 g/mol. The third-order valence-corrected chi connectivity index (χ3v) is 3.13. The Morgan fingerprint density at radius 1 is 1.56 bits per heavy atom. The van der Waals surface area contributed by atoms with Crippen LogP contribution < -0.4 is 4.90 Å². The highest BCUT2D eigenvalue weighted by Gasteiger charge is 2.24. The fourth-order valence-corrected chi connectivity index (χ4v) is 1.86. The Labute approximate surface area is 97.1 Å². The first-order valence-corrected chi connectivity index (χ1v) is 6.09. The van der Waals surface area contributed by atoms with E-state index in [0.717, 1.165) is 30.4 Å². The summed E-state index contributed by atoms with van der Waals surface area (Å²) in [7, 11) is 0. The van der Waals surface area contributed by atoms with Crippen LogP contribution >= 0.6 is 0 Å². The molecule has 1 aromatic heterocycles. The summed E-state index contributed by atoms with van der Waals surface area (Å²) in [6.07, 6.45) is 4.08. The van der Waals surface area contributed by atoms with Gasteiger partial charge in [0.25, 0.3) is 0 Å². The lowest BCUT2D eigenvalue weighted by molar-refractivity contribution is 0.199. The maximum atomic E-state index is 9.55. The first-order valence-electron chi connectivity index (χ1n) is 6.09. The molecule has 0 unspecified atom stereocenters. The van der Waals surface area contributed by atoms with E-state index in [1.165, 1.54) is 12.8 Å². The molecule has 1 N–H and O–H groups in total. The van der Waals surface area contributed by atoms with Crippen molar-refractivity contribution in [2.75, 3.05) is 18.0 Å². The molecule has 0 saturated heterocycles. The molecule has 0 aromatic carbocycles. The van der Waals surface area contributed by atoms with Crippen LogP contribution in [-0.2, 0) is 0 Å². The monoisotopic (exact) mass is 220 g/mol. The Kier molecular flexibility index (Phi) is 3.44. The van der Waals surface area contributed by atoms with E-state index in [2.05, 4.69) is 16.8 Å². The van der Waals surface area contributed by atoms with Crippen LogP contribution in [0.15, 0.2) is 18.3 Å². The van der Waals surface area contributed by atoms with Crippen LogP contribution in [0, 0.1) is 5.92 Å². The molecule has 2 rings (SSSR count). The molecule has 88 valence electrons. The van der Waals surface area contributed by atoms with E-state index in [9.17, 15) is 5.11 Å². The standard InChI is InChI=1S/C13H20N2O/c1-3-15(9-11-4-5-11)13-8-12(10(2)16)6-7-14-13/h6-8,10-11,16H,3-5,9H2,1-2H3/t10-/m1/s1. The van der Waals surface area contributed by atoms with Gasteiger partial charge < -0.3 is 10.0 Å². The first-order chi connectivity index (χ1) is 7.70. The molecule has 0 amide bonds. The maximum Gasteiger partial charge on any atom is 0.128 e. The number of aliphatic hydroxyl groups excluding tert-OH is 1. The third-order valence-electron chi connectivity index (χ3n) is 3.13. The van der Waals surface area contributed by atoms with Gasteiger partial charge in [-0.05, 0) is 50.3 Å². The van der Waals surface area contributed by atoms with Gasteiger partial charge in [-0.2, -0.15) is 0 Å². The molecule has 0 aliphatic heterocycles. The molecule has 1 aliphatic rings. The first kappa shape index (κ1) is 11.4. The number of aromatic nitrogens is 1. The van der Waals surface area contributed by atoms with Crippen molar-refractivity contribution < 1.29 is 5.11 Å². The predicted octanol–water partition coefficient (Wildman–Crippen LogP) is 2.37. The van der Waals surface area contributed by atoms with Crippen molar-refractivity contribution in [2.45, 2.75) is 32.8 Å². The lowest BCUT2D eigenvalue weighted by Crippen LogP contribution is -2.26. The number of hydrogen-bond acceptors (Lipinski definition) is 3. The maximum absolute atomic E-state index is 9.55. The average Bonchev–Trinajstić information content (AvgIpc) is 3.10. The molecule has 3 heteroatoms. The molecule has 0 bridgehead atoms. The fourth-order valence-electron chi connectivity index (χ4n) is 1.86. The van der Waals surface area contributed by atoms with Crippen LogP contribution in [0.25, 0.3) is 0 Å². The van der Waals surface area contributed by atoms with Crippen LogP contribution in [-0.4, -0.2) is 23.2 Å². The molecule has 1 heterocycles. The minimum absolute atomic E-state index is 0.415. The van der Waals surface area contributed by atoms with Crippen molar-refractivity contribution in [3.05, 3.63) is 23.9 Å². The largest absolute Gasteiger partial charge is 0.389 e. The second-order valence-electron chi connectivity index (χ2n) is 4.61. The molecule has 1 aromatic rings. The van der Waals surface area contributed by atoms with Gasteiger partial charge in [0, 0.05) is 19.3 Å². The van der Waals surface area contributed by atoms with Crippen molar-refractivity contribution in [2.24, 2.45) is 5.92 Å². The fraction of sp³-hybridized carbons (Fsp3) is 0.615. The van der Waals surface area contributed by atoms with E-state index in [1.807, 2.05) is 12.1 Å². The van der Waals surface area contributed by atoms with E-state index in [1.54, 1.807) is 13.1 Å². The van der Waals surface area contributed by atoms with E-state index in [4.69, 9.17) is 0 Å². The second-order valence-corrected chi connectivity index (χ2v) is 4.61. The van der Waals surface area contributed by atoms with Crippen LogP contribution in [0.1, 0.15) is 38.4 Å². The van der Waals surface area contributed by atoms with E-state index in [-0.39, 0.29) is 0 Å². The highest BCUT2D eigenvalue weighted by atomic mass is 16.3. The topological polar surface area (TPSA) is 36.4 Å². The van der Waals surface area contributed by atoms with Gasteiger partial charge in [-0.25, -0.2) is 4.98 Å². The van der Waals surface area contributed by atoms with Gasteiger partial charge in [-0.1, -0.05) is 0 Å². The highest BCUT2D eigenvalue weighted by molar-refractivity contribution is 5.41. The molecule has 1 atom stereocenters. The number of hydrogen-bond donors (Lipinski definition) is 1. The summed E-state index contributed by atoms with van der Waals surface area (Å²) in [5.74, 6) is 1.85. The van der Waals surface area contributed by atoms with Gasteiger partial charge >= 0.3 is 0 Å². The minimum atomic E-state index is -0.415. The van der Waals surface area contributed by atoms with Gasteiger partial charge in [0.15, 0.2) is 0 Å². The molecular weight excluding hydrogens is 200 g/mol. The predicted molar refractivity (Wildman–Crippen MR) is 65.5 cm³/mol. The molecule has 3 nitrogen and oxygen atoms in total. The summed E-state index contributed by atoms with van der Waals surface area (Å²) in [6.45, 7) is 6.02. The zero-order valence-electron chi connectivity index (χ0n) is 10.1. The Morgan fingerprint density at radius 3 is 2.88 bits per heavy atom. The van der Waals surface area contributed by atoms with Crippen LogP contribution in [0.2, 0.25) is 0 Å². The molecule has 0 radical (unpaired) electrons. The van der Waals surface area contributed by atoms with E-state index < -0.39 is 6.10 Å². The van der Waals surface area contributed by atoms with Crippen molar-refractivity contribution in [1.29, 1.82) is 0 Å². The summed E-state index contributed by atoms with van der Waals surface area (Å²) in [5, 5.41) is 9.55. The van der Waals surface area contributed by atoms with Crippen LogP contribution in [0.4, 0.5) is 5.82 Å². The van der Waals surface area contributed by atoms with Crippen LogP contribution in [0.3, 0.4) is 0 Å². The van der Waals surface area contributed by atoms with Gasteiger partial charge in [0.2, 0.25) is 0 Å². The van der Waals surface area contributed by atoms with Crippen molar-refractivity contribution in [3.63, 3.8) is 0 Å². The Balaban J connectivity index is 2.12. The summed E-state index contributed by atoms with van der Waals surface area (Å²) < 4.78 is 0.